The highest BCUT2D eigenvalue weighted by Gasteiger charge is 2.20. The Kier molecular flexibility index (Phi) is 4.03. The van der Waals surface area contributed by atoms with Crippen molar-refractivity contribution >= 4 is 11.8 Å². The summed E-state index contributed by atoms with van der Waals surface area (Å²) in [5.41, 5.74) is 0.707. The molecule has 1 heterocycles. The molecule has 1 aromatic heterocycles. The van der Waals surface area contributed by atoms with Crippen molar-refractivity contribution in [3.63, 3.8) is 0 Å². The van der Waals surface area contributed by atoms with Crippen molar-refractivity contribution in [2.24, 2.45) is 0 Å². The number of carbonyl (C=O) groups is 2. The van der Waals surface area contributed by atoms with Crippen LogP contribution in [0.4, 0.5) is 0 Å². The van der Waals surface area contributed by atoms with E-state index < -0.39 is 12.1 Å². The number of pyridine rings is 1. The standard InChI is InChI=1S/C15H13NO3/c1-11(14(17)12-7-3-2-4-8-12)19-15(18)13-9-5-6-10-16-13/h2-11H,1H3. The van der Waals surface area contributed by atoms with E-state index in [9.17, 15) is 9.59 Å². The number of nitrogens with zero attached hydrogens (tertiary/aromatic N) is 1. The zero-order chi connectivity index (χ0) is 13.7. The van der Waals surface area contributed by atoms with E-state index in [0.717, 1.165) is 0 Å². The van der Waals surface area contributed by atoms with Crippen LogP contribution in [0.25, 0.3) is 0 Å². The van der Waals surface area contributed by atoms with Crippen molar-refractivity contribution in [3.05, 3.63) is 66.0 Å². The highest BCUT2D eigenvalue weighted by molar-refractivity contribution is 6.01. The van der Waals surface area contributed by atoms with Gasteiger partial charge in [-0.1, -0.05) is 36.4 Å². The smallest absolute Gasteiger partial charge is 0.357 e. The third-order valence-corrected chi connectivity index (χ3v) is 2.59. The van der Waals surface area contributed by atoms with Gasteiger partial charge in [0.25, 0.3) is 0 Å². The van der Waals surface area contributed by atoms with Crippen LogP contribution >= 0.6 is 0 Å². The third kappa shape index (κ3) is 3.25. The molecule has 96 valence electrons. The summed E-state index contributed by atoms with van der Waals surface area (Å²) in [4.78, 5) is 27.6. The summed E-state index contributed by atoms with van der Waals surface area (Å²) in [5.74, 6) is -0.831. The SMILES string of the molecule is CC(OC(=O)c1ccccn1)C(=O)c1ccccc1. The Hall–Kier alpha value is -2.49. The molecule has 0 aliphatic heterocycles. The summed E-state index contributed by atoms with van der Waals surface area (Å²) in [6.45, 7) is 1.55. The number of Topliss-reactive ketones (excluding diaryl/α,β-unsaturated/α-hetero) is 1. The molecule has 0 bridgehead atoms. The Balaban J connectivity index is 2.04. The first-order chi connectivity index (χ1) is 9.18. The van der Waals surface area contributed by atoms with Gasteiger partial charge < -0.3 is 4.74 Å². The minimum atomic E-state index is -0.836. The van der Waals surface area contributed by atoms with Gasteiger partial charge in [0.2, 0.25) is 5.78 Å². The second-order valence-electron chi connectivity index (χ2n) is 3.99. The molecule has 2 rings (SSSR count). The number of ether oxygens (including phenoxy) is 1. The van der Waals surface area contributed by atoms with Crippen molar-refractivity contribution in [1.82, 2.24) is 4.98 Å². The van der Waals surface area contributed by atoms with Crippen molar-refractivity contribution in [1.29, 1.82) is 0 Å². The Labute approximate surface area is 111 Å². The molecule has 0 radical (unpaired) electrons. The fraction of sp³-hybridized carbons (Fsp3) is 0.133. The van der Waals surface area contributed by atoms with Gasteiger partial charge in [0.15, 0.2) is 6.10 Å². The maximum Gasteiger partial charge on any atom is 0.357 e. The number of benzene rings is 1. The zero-order valence-electron chi connectivity index (χ0n) is 10.4. The Morgan fingerprint density at radius 2 is 1.74 bits per heavy atom. The molecular weight excluding hydrogens is 242 g/mol. The molecule has 0 amide bonds. The van der Waals surface area contributed by atoms with Crippen molar-refractivity contribution in [3.8, 4) is 0 Å². The normalized spacial score (nSPS) is 11.6. The highest BCUT2D eigenvalue weighted by atomic mass is 16.5. The van der Waals surface area contributed by atoms with Gasteiger partial charge in [0.1, 0.15) is 5.69 Å². The van der Waals surface area contributed by atoms with Gasteiger partial charge >= 0.3 is 5.97 Å². The van der Waals surface area contributed by atoms with Gasteiger partial charge in [0, 0.05) is 11.8 Å². The molecule has 19 heavy (non-hydrogen) atoms. The molecule has 0 N–H and O–H groups in total. The van der Waals surface area contributed by atoms with E-state index in [1.807, 2.05) is 6.07 Å². The molecule has 0 spiro atoms. The second-order valence-corrected chi connectivity index (χ2v) is 3.99. The van der Waals surface area contributed by atoms with E-state index in [2.05, 4.69) is 4.98 Å². The van der Waals surface area contributed by atoms with Crippen LogP contribution in [0.1, 0.15) is 27.8 Å². The average Bonchev–Trinajstić information content (AvgIpc) is 2.48. The van der Waals surface area contributed by atoms with Gasteiger partial charge in [0.05, 0.1) is 0 Å². The maximum atomic E-state index is 12.0. The number of rotatable bonds is 4. The monoisotopic (exact) mass is 255 g/mol. The highest BCUT2D eigenvalue weighted by Crippen LogP contribution is 2.08. The predicted octanol–water partition coefficient (Wildman–Crippen LogP) is 2.51. The van der Waals surface area contributed by atoms with Gasteiger partial charge in [-0.3, -0.25) is 4.79 Å². The molecule has 0 saturated heterocycles. The van der Waals surface area contributed by atoms with Crippen LogP contribution in [0, 0.1) is 0 Å². The predicted molar refractivity (Wildman–Crippen MR) is 69.9 cm³/mol. The van der Waals surface area contributed by atoms with Crippen LogP contribution in [0.5, 0.6) is 0 Å². The Morgan fingerprint density at radius 3 is 2.37 bits per heavy atom. The van der Waals surface area contributed by atoms with Crippen LogP contribution in [0.3, 0.4) is 0 Å². The Bertz CT molecular complexity index is 566. The molecular formula is C15H13NO3. The first kappa shape index (κ1) is 13.0. The molecule has 4 heteroatoms. The van der Waals surface area contributed by atoms with Crippen LogP contribution < -0.4 is 0 Å². The summed E-state index contributed by atoms with van der Waals surface area (Å²) >= 11 is 0. The van der Waals surface area contributed by atoms with E-state index in [-0.39, 0.29) is 11.5 Å². The summed E-state index contributed by atoms with van der Waals surface area (Å²) in [6, 6.07) is 13.7. The molecule has 0 fully saturated rings. The summed E-state index contributed by atoms with van der Waals surface area (Å²) < 4.78 is 5.10. The molecule has 1 aromatic carbocycles. The number of aromatic nitrogens is 1. The lowest BCUT2D eigenvalue weighted by Crippen LogP contribution is -2.24. The number of hydrogen-bond acceptors (Lipinski definition) is 4. The van der Waals surface area contributed by atoms with E-state index in [1.54, 1.807) is 49.4 Å². The summed E-state index contributed by atoms with van der Waals surface area (Å²) in [5, 5.41) is 0. The largest absolute Gasteiger partial charge is 0.450 e. The lowest BCUT2D eigenvalue weighted by Gasteiger charge is -2.11. The lowest BCUT2D eigenvalue weighted by molar-refractivity contribution is 0.0313. The average molecular weight is 255 g/mol. The van der Waals surface area contributed by atoms with Gasteiger partial charge in [-0.2, -0.15) is 0 Å². The van der Waals surface area contributed by atoms with Crippen LogP contribution in [-0.2, 0) is 4.74 Å². The molecule has 2 aromatic rings. The van der Waals surface area contributed by atoms with Crippen LogP contribution in [0.2, 0.25) is 0 Å². The number of hydrogen-bond donors (Lipinski definition) is 0. The van der Waals surface area contributed by atoms with Gasteiger partial charge in [-0.05, 0) is 19.1 Å². The quantitative estimate of drug-likeness (QED) is 0.622. The Morgan fingerprint density at radius 1 is 1.05 bits per heavy atom. The molecule has 0 aliphatic carbocycles. The second kappa shape index (κ2) is 5.91. The third-order valence-electron chi connectivity index (χ3n) is 2.59. The molecule has 4 nitrogen and oxygen atoms in total. The van der Waals surface area contributed by atoms with Crippen LogP contribution in [0.15, 0.2) is 54.7 Å². The number of carbonyl (C=O) groups excluding carboxylic acids is 2. The summed E-state index contributed by atoms with van der Waals surface area (Å²) in [6.07, 6.45) is 0.664. The summed E-state index contributed by atoms with van der Waals surface area (Å²) in [7, 11) is 0. The van der Waals surface area contributed by atoms with E-state index in [1.165, 1.54) is 6.20 Å². The molecule has 1 atom stereocenters. The van der Waals surface area contributed by atoms with E-state index >= 15 is 0 Å². The fourth-order valence-corrected chi connectivity index (χ4v) is 1.60. The van der Waals surface area contributed by atoms with Crippen LogP contribution in [-0.4, -0.2) is 22.8 Å². The number of esters is 1. The molecule has 0 aliphatic rings. The fourth-order valence-electron chi connectivity index (χ4n) is 1.60. The molecule has 1 unspecified atom stereocenters. The van der Waals surface area contributed by atoms with Crippen molar-refractivity contribution in [2.75, 3.05) is 0 Å². The van der Waals surface area contributed by atoms with Gasteiger partial charge in [-0.25, -0.2) is 9.78 Å². The van der Waals surface area contributed by atoms with E-state index in [0.29, 0.717) is 5.56 Å². The van der Waals surface area contributed by atoms with E-state index in [4.69, 9.17) is 4.74 Å². The minimum absolute atomic E-state index is 0.190. The van der Waals surface area contributed by atoms with Crippen molar-refractivity contribution < 1.29 is 14.3 Å². The van der Waals surface area contributed by atoms with Gasteiger partial charge in [-0.15, -0.1) is 0 Å². The lowest BCUT2D eigenvalue weighted by atomic mass is 10.1. The first-order valence-electron chi connectivity index (χ1n) is 5.90. The van der Waals surface area contributed by atoms with Crippen molar-refractivity contribution in [2.45, 2.75) is 13.0 Å². The number of ketones is 1. The zero-order valence-corrected chi connectivity index (χ0v) is 10.4. The topological polar surface area (TPSA) is 56.3 Å². The maximum absolute atomic E-state index is 12.0. The first-order valence-corrected chi connectivity index (χ1v) is 5.90. The molecule has 0 saturated carbocycles. The minimum Gasteiger partial charge on any atom is -0.450 e.